The summed E-state index contributed by atoms with van der Waals surface area (Å²) in [6, 6.07) is 5.76. The van der Waals surface area contributed by atoms with Crippen molar-refractivity contribution >= 4 is 5.91 Å². The first-order chi connectivity index (χ1) is 11.4. The molecule has 0 aliphatic heterocycles. The number of aliphatic hydroxyl groups excluding tert-OH is 1. The number of aryl methyl sites for hydroxylation is 3. The van der Waals surface area contributed by atoms with Crippen LogP contribution in [0.2, 0.25) is 0 Å². The summed E-state index contributed by atoms with van der Waals surface area (Å²) in [5.41, 5.74) is 3.99. The van der Waals surface area contributed by atoms with Gasteiger partial charge in [0, 0.05) is 12.2 Å². The van der Waals surface area contributed by atoms with Crippen LogP contribution in [-0.4, -0.2) is 45.1 Å². The number of nitrogens with zero attached hydrogens (tertiary/aromatic N) is 2. The van der Waals surface area contributed by atoms with Crippen LogP contribution in [0, 0.1) is 20.8 Å². The first-order valence-electron chi connectivity index (χ1n) is 8.04. The average Bonchev–Trinajstić information content (AvgIpc) is 2.95. The quantitative estimate of drug-likeness (QED) is 0.814. The van der Waals surface area contributed by atoms with Gasteiger partial charge in [-0.3, -0.25) is 4.79 Å². The number of amides is 1. The Morgan fingerprint density at radius 2 is 2.08 bits per heavy atom. The minimum Gasteiger partial charge on any atom is -0.481 e. The van der Waals surface area contributed by atoms with Crippen molar-refractivity contribution in [3.05, 3.63) is 47.0 Å². The summed E-state index contributed by atoms with van der Waals surface area (Å²) in [4.78, 5) is 21.4. The fraction of sp³-hybridized carbons (Fsp3) is 0.444. The van der Waals surface area contributed by atoms with Gasteiger partial charge in [-0.05, 0) is 51.0 Å². The van der Waals surface area contributed by atoms with Crippen molar-refractivity contribution in [3.63, 3.8) is 0 Å². The van der Waals surface area contributed by atoms with Crippen molar-refractivity contribution in [2.75, 3.05) is 13.2 Å². The van der Waals surface area contributed by atoms with Gasteiger partial charge in [0.1, 0.15) is 5.75 Å². The molecular weight excluding hydrogens is 306 g/mol. The number of imidazole rings is 1. The zero-order valence-electron chi connectivity index (χ0n) is 14.7. The standard InChI is InChI=1S/C18H25N3O3/c1-12-5-6-16(9-13(12)2)24-15(4)18(23)21(7-8-22)10-17-14(3)19-11-20-17/h5-6,9,11,15,22H,7-8,10H2,1-4H3,(H,19,20). The normalized spacial score (nSPS) is 12.0. The summed E-state index contributed by atoms with van der Waals surface area (Å²) in [6.45, 7) is 8.14. The summed E-state index contributed by atoms with van der Waals surface area (Å²) in [5.74, 6) is 0.489. The number of ether oxygens (including phenoxy) is 1. The Hall–Kier alpha value is -2.34. The fourth-order valence-corrected chi connectivity index (χ4v) is 2.41. The second-order valence-corrected chi connectivity index (χ2v) is 5.96. The highest BCUT2D eigenvalue weighted by Crippen LogP contribution is 2.18. The number of hydrogen-bond acceptors (Lipinski definition) is 4. The van der Waals surface area contributed by atoms with Gasteiger partial charge in [-0.15, -0.1) is 0 Å². The number of H-pyrrole nitrogens is 1. The molecule has 0 aliphatic rings. The van der Waals surface area contributed by atoms with E-state index < -0.39 is 6.10 Å². The molecule has 0 aliphatic carbocycles. The number of aromatic nitrogens is 2. The van der Waals surface area contributed by atoms with Gasteiger partial charge in [-0.2, -0.15) is 0 Å². The summed E-state index contributed by atoms with van der Waals surface area (Å²) < 4.78 is 5.79. The molecule has 2 rings (SSSR count). The van der Waals surface area contributed by atoms with Crippen molar-refractivity contribution in [2.45, 2.75) is 40.3 Å². The molecule has 1 aromatic carbocycles. The Morgan fingerprint density at radius 3 is 2.67 bits per heavy atom. The fourth-order valence-electron chi connectivity index (χ4n) is 2.41. The minimum atomic E-state index is -0.641. The third kappa shape index (κ3) is 4.35. The molecule has 0 spiro atoms. The van der Waals surface area contributed by atoms with E-state index in [9.17, 15) is 9.90 Å². The Balaban J connectivity index is 2.07. The zero-order valence-corrected chi connectivity index (χ0v) is 14.7. The van der Waals surface area contributed by atoms with Gasteiger partial charge in [0.2, 0.25) is 0 Å². The van der Waals surface area contributed by atoms with Crippen molar-refractivity contribution in [1.29, 1.82) is 0 Å². The number of rotatable bonds is 7. The molecule has 0 saturated heterocycles. The monoisotopic (exact) mass is 331 g/mol. The van der Waals surface area contributed by atoms with Crippen LogP contribution >= 0.6 is 0 Å². The lowest BCUT2D eigenvalue weighted by molar-refractivity contribution is -0.139. The van der Waals surface area contributed by atoms with Crippen LogP contribution in [0.15, 0.2) is 24.5 Å². The molecule has 1 aromatic heterocycles. The number of hydrogen-bond donors (Lipinski definition) is 2. The van der Waals surface area contributed by atoms with Crippen molar-refractivity contribution in [3.8, 4) is 5.75 Å². The van der Waals surface area contributed by atoms with Gasteiger partial charge in [0.15, 0.2) is 6.10 Å². The largest absolute Gasteiger partial charge is 0.481 e. The predicted molar refractivity (Wildman–Crippen MR) is 91.8 cm³/mol. The van der Waals surface area contributed by atoms with Crippen LogP contribution in [0.5, 0.6) is 5.75 Å². The van der Waals surface area contributed by atoms with Gasteiger partial charge in [-0.25, -0.2) is 4.98 Å². The third-order valence-corrected chi connectivity index (χ3v) is 4.10. The number of aromatic amines is 1. The van der Waals surface area contributed by atoms with E-state index in [0.717, 1.165) is 17.0 Å². The molecule has 2 aromatic rings. The van der Waals surface area contributed by atoms with Gasteiger partial charge in [0.05, 0.1) is 25.2 Å². The lowest BCUT2D eigenvalue weighted by Gasteiger charge is -2.25. The predicted octanol–water partition coefficient (Wildman–Crippen LogP) is 2.12. The molecule has 0 radical (unpaired) electrons. The van der Waals surface area contributed by atoms with Crippen LogP contribution in [-0.2, 0) is 11.3 Å². The van der Waals surface area contributed by atoms with E-state index in [4.69, 9.17) is 4.74 Å². The van der Waals surface area contributed by atoms with E-state index in [-0.39, 0.29) is 19.1 Å². The van der Waals surface area contributed by atoms with Gasteiger partial charge < -0.3 is 19.7 Å². The summed E-state index contributed by atoms with van der Waals surface area (Å²) >= 11 is 0. The molecule has 6 nitrogen and oxygen atoms in total. The van der Waals surface area contributed by atoms with E-state index in [2.05, 4.69) is 9.97 Å². The Morgan fingerprint density at radius 1 is 1.33 bits per heavy atom. The highest BCUT2D eigenvalue weighted by atomic mass is 16.5. The lowest BCUT2D eigenvalue weighted by Crippen LogP contribution is -2.41. The smallest absolute Gasteiger partial charge is 0.263 e. The molecule has 0 fully saturated rings. The maximum Gasteiger partial charge on any atom is 0.263 e. The summed E-state index contributed by atoms with van der Waals surface area (Å²) in [5, 5.41) is 9.26. The maximum atomic E-state index is 12.7. The summed E-state index contributed by atoms with van der Waals surface area (Å²) in [7, 11) is 0. The van der Waals surface area contributed by atoms with Crippen molar-refractivity contribution in [2.24, 2.45) is 0 Å². The second-order valence-electron chi connectivity index (χ2n) is 5.96. The highest BCUT2D eigenvalue weighted by Gasteiger charge is 2.23. The molecule has 1 heterocycles. The van der Waals surface area contributed by atoms with Gasteiger partial charge >= 0.3 is 0 Å². The summed E-state index contributed by atoms with van der Waals surface area (Å²) in [6.07, 6.45) is 0.958. The highest BCUT2D eigenvalue weighted by molar-refractivity contribution is 5.80. The molecule has 0 saturated carbocycles. The lowest BCUT2D eigenvalue weighted by atomic mass is 10.1. The second kappa shape index (κ2) is 7.97. The van der Waals surface area contributed by atoms with Crippen LogP contribution in [0.3, 0.4) is 0 Å². The van der Waals surface area contributed by atoms with E-state index in [1.54, 1.807) is 18.2 Å². The molecular formula is C18H25N3O3. The molecule has 0 bridgehead atoms. The molecule has 24 heavy (non-hydrogen) atoms. The Labute approximate surface area is 142 Å². The molecule has 6 heteroatoms. The van der Waals surface area contributed by atoms with Crippen molar-refractivity contribution < 1.29 is 14.6 Å². The van der Waals surface area contributed by atoms with Gasteiger partial charge in [-0.1, -0.05) is 6.07 Å². The number of carbonyl (C=O) groups excluding carboxylic acids is 1. The van der Waals surface area contributed by atoms with Crippen LogP contribution in [0.4, 0.5) is 0 Å². The van der Waals surface area contributed by atoms with Crippen molar-refractivity contribution in [1.82, 2.24) is 14.9 Å². The topological polar surface area (TPSA) is 78.4 Å². The number of benzene rings is 1. The SMILES string of the molecule is Cc1ccc(OC(C)C(=O)N(CCO)Cc2nc[nH]c2C)cc1C. The average molecular weight is 331 g/mol. The zero-order chi connectivity index (χ0) is 17.7. The first-order valence-corrected chi connectivity index (χ1v) is 8.04. The number of aliphatic hydroxyl groups is 1. The van der Waals surface area contributed by atoms with E-state index in [1.807, 2.05) is 39.0 Å². The number of carbonyl (C=O) groups is 1. The molecule has 1 unspecified atom stereocenters. The van der Waals surface area contributed by atoms with E-state index in [1.165, 1.54) is 5.56 Å². The number of nitrogens with one attached hydrogen (secondary N) is 1. The Bertz CT molecular complexity index is 697. The molecule has 1 atom stereocenters. The third-order valence-electron chi connectivity index (χ3n) is 4.10. The van der Waals surface area contributed by atoms with E-state index >= 15 is 0 Å². The van der Waals surface area contributed by atoms with Gasteiger partial charge in [0.25, 0.3) is 5.91 Å². The van der Waals surface area contributed by atoms with Crippen LogP contribution in [0.1, 0.15) is 29.4 Å². The van der Waals surface area contributed by atoms with E-state index in [0.29, 0.717) is 12.3 Å². The minimum absolute atomic E-state index is 0.106. The van der Waals surface area contributed by atoms with Crippen LogP contribution in [0.25, 0.3) is 0 Å². The van der Waals surface area contributed by atoms with Crippen LogP contribution < -0.4 is 4.74 Å². The first kappa shape index (κ1) is 18.0. The molecule has 2 N–H and O–H groups in total. The molecule has 130 valence electrons. The Kier molecular flexibility index (Phi) is 5.98. The molecule has 1 amide bonds. The maximum absolute atomic E-state index is 12.7.